The van der Waals surface area contributed by atoms with Crippen LogP contribution in [-0.2, 0) is 0 Å². The maximum absolute atomic E-state index is 2.68. The highest BCUT2D eigenvalue weighted by Crippen LogP contribution is 2.64. The Morgan fingerprint density at radius 1 is 0.750 bits per heavy atom. The van der Waals surface area contributed by atoms with Gasteiger partial charge in [0, 0.05) is 0 Å². The summed E-state index contributed by atoms with van der Waals surface area (Å²) in [6.07, 6.45) is 16.6. The van der Waals surface area contributed by atoms with Gasteiger partial charge >= 0.3 is 0 Å². The largest absolute Gasteiger partial charge is 0.0656 e. The molecular formula is C20H38. The van der Waals surface area contributed by atoms with Gasteiger partial charge in [0.15, 0.2) is 0 Å². The first-order valence-electron chi connectivity index (χ1n) is 9.69. The van der Waals surface area contributed by atoms with Gasteiger partial charge in [-0.3, -0.25) is 0 Å². The number of fused-ring (bicyclic) bond motifs is 3. The second-order valence-electron chi connectivity index (χ2n) is 8.07. The molecule has 0 amide bonds. The van der Waals surface area contributed by atoms with Crippen molar-refractivity contribution in [1.82, 2.24) is 0 Å². The lowest BCUT2D eigenvalue weighted by Gasteiger charge is -2.40. The number of rotatable bonds is 2. The fraction of sp³-hybridized carbons (Fsp3) is 1.00. The summed E-state index contributed by atoms with van der Waals surface area (Å²) in [7, 11) is 0. The summed E-state index contributed by atoms with van der Waals surface area (Å²) in [6.45, 7) is 9.33. The highest BCUT2D eigenvalue weighted by molar-refractivity contribution is 5.05. The summed E-state index contributed by atoms with van der Waals surface area (Å²) in [4.78, 5) is 0. The monoisotopic (exact) mass is 278 g/mol. The van der Waals surface area contributed by atoms with Crippen molar-refractivity contribution in [2.24, 2.45) is 29.1 Å². The molecule has 0 aromatic carbocycles. The molecule has 0 radical (unpaired) electrons. The van der Waals surface area contributed by atoms with Crippen LogP contribution in [0.25, 0.3) is 0 Å². The summed E-state index contributed by atoms with van der Waals surface area (Å²) >= 11 is 0. The van der Waals surface area contributed by atoms with Crippen LogP contribution in [0.4, 0.5) is 0 Å². The zero-order valence-electron chi connectivity index (χ0n) is 14.6. The molecule has 3 aliphatic carbocycles. The van der Waals surface area contributed by atoms with Gasteiger partial charge in [-0.1, -0.05) is 66.2 Å². The molecule has 0 aromatic rings. The van der Waals surface area contributed by atoms with Crippen LogP contribution >= 0.6 is 0 Å². The molecule has 4 unspecified atom stereocenters. The van der Waals surface area contributed by atoms with Crippen LogP contribution in [0.1, 0.15) is 98.3 Å². The average molecular weight is 279 g/mol. The van der Waals surface area contributed by atoms with Gasteiger partial charge < -0.3 is 0 Å². The minimum absolute atomic E-state index is 0.727. The molecule has 0 bridgehead atoms. The lowest BCUT2D eigenvalue weighted by molar-refractivity contribution is 0.0895. The maximum atomic E-state index is 2.68. The van der Waals surface area contributed by atoms with Crippen LogP contribution in [0.2, 0.25) is 0 Å². The molecule has 0 nitrogen and oxygen atoms in total. The predicted octanol–water partition coefficient (Wildman–Crippen LogP) is 6.84. The smallest absolute Gasteiger partial charge is 0.0264 e. The highest BCUT2D eigenvalue weighted by Gasteiger charge is 2.56. The van der Waals surface area contributed by atoms with Crippen LogP contribution < -0.4 is 0 Å². The van der Waals surface area contributed by atoms with Gasteiger partial charge in [0.1, 0.15) is 0 Å². The Balaban J connectivity index is 0.000000452. The normalized spacial score (nSPS) is 43.2. The second kappa shape index (κ2) is 7.32. The molecule has 0 aliphatic heterocycles. The second-order valence-corrected chi connectivity index (χ2v) is 8.07. The summed E-state index contributed by atoms with van der Waals surface area (Å²) in [6, 6.07) is 0. The van der Waals surface area contributed by atoms with E-state index in [2.05, 4.69) is 27.7 Å². The summed E-state index contributed by atoms with van der Waals surface area (Å²) in [5.41, 5.74) is 0.727. The van der Waals surface area contributed by atoms with Crippen molar-refractivity contribution in [3.63, 3.8) is 0 Å². The van der Waals surface area contributed by atoms with Crippen molar-refractivity contribution in [3.8, 4) is 0 Å². The van der Waals surface area contributed by atoms with Crippen LogP contribution in [0.5, 0.6) is 0 Å². The van der Waals surface area contributed by atoms with Crippen molar-refractivity contribution in [1.29, 1.82) is 0 Å². The van der Waals surface area contributed by atoms with Crippen LogP contribution in [0, 0.1) is 29.1 Å². The van der Waals surface area contributed by atoms with Gasteiger partial charge in [-0.25, -0.2) is 0 Å². The fourth-order valence-corrected chi connectivity index (χ4v) is 6.17. The quantitative estimate of drug-likeness (QED) is 0.519. The molecule has 3 rings (SSSR count). The lowest BCUT2D eigenvalue weighted by Crippen LogP contribution is -2.32. The molecule has 20 heavy (non-hydrogen) atoms. The van der Waals surface area contributed by atoms with E-state index >= 15 is 0 Å². The minimum atomic E-state index is 0.727. The van der Waals surface area contributed by atoms with Crippen molar-refractivity contribution in [2.45, 2.75) is 98.3 Å². The SMILES string of the molecule is CCC.CCCC1(C)C2CCCCC2C2CCCCC21. The molecule has 0 aromatic heterocycles. The number of hydrogen-bond donors (Lipinski definition) is 0. The van der Waals surface area contributed by atoms with Crippen LogP contribution in [-0.4, -0.2) is 0 Å². The third kappa shape index (κ3) is 2.95. The van der Waals surface area contributed by atoms with Gasteiger partial charge in [-0.15, -0.1) is 0 Å². The summed E-state index contributed by atoms with van der Waals surface area (Å²) in [5, 5.41) is 0. The van der Waals surface area contributed by atoms with E-state index in [0.717, 1.165) is 29.1 Å². The fourth-order valence-electron chi connectivity index (χ4n) is 6.17. The Morgan fingerprint density at radius 3 is 1.55 bits per heavy atom. The number of hydrogen-bond acceptors (Lipinski definition) is 0. The van der Waals surface area contributed by atoms with Crippen LogP contribution in [0.15, 0.2) is 0 Å². The zero-order valence-corrected chi connectivity index (χ0v) is 14.6. The maximum Gasteiger partial charge on any atom is -0.0264 e. The first-order chi connectivity index (χ1) is 9.69. The lowest BCUT2D eigenvalue weighted by atomic mass is 9.64. The topological polar surface area (TPSA) is 0 Å². The van der Waals surface area contributed by atoms with E-state index in [9.17, 15) is 0 Å². The summed E-state index contributed by atoms with van der Waals surface area (Å²) < 4.78 is 0. The van der Waals surface area contributed by atoms with E-state index < -0.39 is 0 Å². The van der Waals surface area contributed by atoms with Gasteiger partial charge in [0.25, 0.3) is 0 Å². The van der Waals surface area contributed by atoms with E-state index in [1.54, 1.807) is 25.7 Å². The molecule has 3 saturated carbocycles. The predicted molar refractivity (Wildman–Crippen MR) is 89.9 cm³/mol. The Kier molecular flexibility index (Phi) is 5.99. The molecule has 3 fully saturated rings. The molecule has 4 atom stereocenters. The van der Waals surface area contributed by atoms with Crippen molar-refractivity contribution in [3.05, 3.63) is 0 Å². The van der Waals surface area contributed by atoms with Crippen LogP contribution in [0.3, 0.4) is 0 Å². The van der Waals surface area contributed by atoms with Gasteiger partial charge in [0.05, 0.1) is 0 Å². The molecule has 0 saturated heterocycles. The van der Waals surface area contributed by atoms with Gasteiger partial charge in [-0.05, 0) is 61.2 Å². The van der Waals surface area contributed by atoms with Crippen molar-refractivity contribution >= 4 is 0 Å². The molecule has 118 valence electrons. The zero-order chi connectivity index (χ0) is 14.6. The van der Waals surface area contributed by atoms with Crippen molar-refractivity contribution in [2.75, 3.05) is 0 Å². The first kappa shape index (κ1) is 16.4. The Bertz CT molecular complexity index is 258. The van der Waals surface area contributed by atoms with Gasteiger partial charge in [-0.2, -0.15) is 0 Å². The average Bonchev–Trinajstić information content (AvgIpc) is 2.72. The van der Waals surface area contributed by atoms with E-state index in [-0.39, 0.29) is 0 Å². The standard InChI is InChI=1S/C17H30.C3H8/c1-3-12-17(2)15-10-6-4-8-13(15)14-9-5-7-11-16(14)17;1-3-2/h13-16H,3-12H2,1-2H3;3H2,1-2H3. The van der Waals surface area contributed by atoms with Crippen molar-refractivity contribution < 1.29 is 0 Å². The highest BCUT2D eigenvalue weighted by atomic mass is 14.6. The minimum Gasteiger partial charge on any atom is -0.0656 e. The Labute approximate surface area is 128 Å². The van der Waals surface area contributed by atoms with Gasteiger partial charge in [0.2, 0.25) is 0 Å². The molecule has 0 N–H and O–H groups in total. The van der Waals surface area contributed by atoms with E-state index in [0.29, 0.717) is 0 Å². The Morgan fingerprint density at radius 2 is 1.15 bits per heavy atom. The molecule has 0 heteroatoms. The molecule has 3 aliphatic rings. The van der Waals surface area contributed by atoms with E-state index in [1.165, 1.54) is 44.9 Å². The van der Waals surface area contributed by atoms with E-state index in [1.807, 2.05) is 0 Å². The third-order valence-corrected chi connectivity index (χ3v) is 6.67. The van der Waals surface area contributed by atoms with E-state index in [4.69, 9.17) is 0 Å². The molecule has 0 spiro atoms. The first-order valence-corrected chi connectivity index (χ1v) is 9.69. The summed E-state index contributed by atoms with van der Waals surface area (Å²) in [5.74, 6) is 4.46. The molecule has 0 heterocycles. The third-order valence-electron chi connectivity index (χ3n) is 6.67. The Hall–Kier alpha value is 0. The molecular weight excluding hydrogens is 240 g/mol.